The fourth-order valence-electron chi connectivity index (χ4n) is 2.11. The van der Waals surface area contributed by atoms with Gasteiger partial charge >= 0.3 is 0 Å². The zero-order chi connectivity index (χ0) is 13.7. The number of benzene rings is 1. The predicted octanol–water partition coefficient (Wildman–Crippen LogP) is 1.38. The van der Waals surface area contributed by atoms with Crippen molar-refractivity contribution in [1.82, 2.24) is 9.84 Å². The van der Waals surface area contributed by atoms with Crippen LogP contribution < -0.4 is 4.83 Å². The third kappa shape index (κ3) is 4.31. The average Bonchev–Trinajstić information content (AvgIpc) is 2.39. The molecule has 1 heterocycles. The molecule has 0 aromatic heterocycles. The minimum atomic E-state index is -3.36. The number of rotatable bonds is 4. The molecule has 0 atom stereocenters. The number of sulfonamides is 1. The van der Waals surface area contributed by atoms with Crippen LogP contribution >= 0.6 is 0 Å². The maximum Gasteiger partial charge on any atom is 0.228 e. The van der Waals surface area contributed by atoms with Crippen LogP contribution in [0.2, 0.25) is 0 Å². The molecule has 1 aromatic rings. The summed E-state index contributed by atoms with van der Waals surface area (Å²) in [6.07, 6.45) is 3.21. The van der Waals surface area contributed by atoms with Gasteiger partial charge in [0.2, 0.25) is 10.0 Å². The number of piperidine rings is 1. The van der Waals surface area contributed by atoms with Crippen molar-refractivity contribution in [3.05, 3.63) is 35.4 Å². The Bertz CT molecular complexity index is 555. The normalized spacial score (nSPS) is 17.0. The highest BCUT2D eigenvalue weighted by Crippen LogP contribution is 2.10. The van der Waals surface area contributed by atoms with Crippen LogP contribution in [0, 0.1) is 11.3 Å². The number of hydrazine groups is 1. The third-order valence-corrected chi connectivity index (χ3v) is 4.31. The number of hydrogen-bond donors (Lipinski definition) is 1. The van der Waals surface area contributed by atoms with E-state index in [1.54, 1.807) is 29.3 Å². The minimum absolute atomic E-state index is 0.0603. The van der Waals surface area contributed by atoms with Crippen molar-refractivity contribution in [3.8, 4) is 6.07 Å². The summed E-state index contributed by atoms with van der Waals surface area (Å²) in [4.78, 5) is 2.61. The number of nitriles is 1. The van der Waals surface area contributed by atoms with Gasteiger partial charge in [-0.2, -0.15) is 5.26 Å². The number of nitrogens with zero attached hydrogens (tertiary/aromatic N) is 2. The van der Waals surface area contributed by atoms with Gasteiger partial charge in [-0.3, -0.25) is 0 Å². The molecule has 0 aliphatic carbocycles. The highest BCUT2D eigenvalue weighted by molar-refractivity contribution is 7.88. The van der Waals surface area contributed by atoms with E-state index in [4.69, 9.17) is 5.26 Å². The Balaban J connectivity index is 1.97. The van der Waals surface area contributed by atoms with E-state index in [2.05, 4.69) is 4.83 Å². The molecular formula is C13H17N3O2S. The molecule has 0 spiro atoms. The van der Waals surface area contributed by atoms with E-state index in [1.165, 1.54) is 0 Å². The SMILES string of the molecule is N#Cc1ccc(CS(=O)(=O)NN2CCCCC2)cc1. The van der Waals surface area contributed by atoms with Crippen LogP contribution in [0.25, 0.3) is 0 Å². The molecule has 5 nitrogen and oxygen atoms in total. The van der Waals surface area contributed by atoms with E-state index in [0.717, 1.165) is 32.4 Å². The summed E-state index contributed by atoms with van der Waals surface area (Å²) in [5, 5.41) is 10.5. The summed E-state index contributed by atoms with van der Waals surface area (Å²) >= 11 is 0. The zero-order valence-corrected chi connectivity index (χ0v) is 11.5. The van der Waals surface area contributed by atoms with Gasteiger partial charge in [0, 0.05) is 13.1 Å². The Labute approximate surface area is 113 Å². The fourth-order valence-corrected chi connectivity index (χ4v) is 3.38. The summed E-state index contributed by atoms with van der Waals surface area (Å²) in [6.45, 7) is 1.54. The van der Waals surface area contributed by atoms with Gasteiger partial charge in [-0.05, 0) is 30.5 Å². The van der Waals surface area contributed by atoms with Gasteiger partial charge in [0.1, 0.15) is 0 Å². The Morgan fingerprint density at radius 2 is 1.79 bits per heavy atom. The lowest BCUT2D eigenvalue weighted by atomic mass is 10.2. The largest absolute Gasteiger partial charge is 0.231 e. The number of nitrogens with one attached hydrogen (secondary N) is 1. The molecule has 1 aliphatic heterocycles. The van der Waals surface area contributed by atoms with Gasteiger partial charge in [-0.15, -0.1) is 4.83 Å². The molecule has 1 N–H and O–H groups in total. The zero-order valence-electron chi connectivity index (χ0n) is 10.7. The molecule has 1 saturated heterocycles. The van der Waals surface area contributed by atoms with Crippen LogP contribution in [0.5, 0.6) is 0 Å². The van der Waals surface area contributed by atoms with Crippen LogP contribution in [0.15, 0.2) is 24.3 Å². The van der Waals surface area contributed by atoms with Crippen LogP contribution in [-0.4, -0.2) is 26.5 Å². The molecular weight excluding hydrogens is 262 g/mol. The molecule has 102 valence electrons. The van der Waals surface area contributed by atoms with E-state index in [-0.39, 0.29) is 5.75 Å². The van der Waals surface area contributed by atoms with E-state index < -0.39 is 10.0 Å². The van der Waals surface area contributed by atoms with Crippen LogP contribution in [-0.2, 0) is 15.8 Å². The first kappa shape index (κ1) is 14.0. The Hall–Kier alpha value is -1.42. The van der Waals surface area contributed by atoms with Crippen molar-refractivity contribution in [2.45, 2.75) is 25.0 Å². The maximum atomic E-state index is 12.0. The summed E-state index contributed by atoms with van der Waals surface area (Å²) in [6, 6.07) is 8.62. The lowest BCUT2D eigenvalue weighted by Crippen LogP contribution is -2.45. The average molecular weight is 279 g/mol. The highest BCUT2D eigenvalue weighted by atomic mass is 32.2. The van der Waals surface area contributed by atoms with Gasteiger partial charge in [-0.1, -0.05) is 18.6 Å². The van der Waals surface area contributed by atoms with Crippen molar-refractivity contribution in [1.29, 1.82) is 5.26 Å². The van der Waals surface area contributed by atoms with Crippen molar-refractivity contribution in [2.75, 3.05) is 13.1 Å². The summed E-state index contributed by atoms with van der Waals surface area (Å²) < 4.78 is 24.0. The monoisotopic (exact) mass is 279 g/mol. The summed E-state index contributed by atoms with van der Waals surface area (Å²) in [5.41, 5.74) is 1.22. The van der Waals surface area contributed by atoms with Crippen molar-refractivity contribution in [2.24, 2.45) is 0 Å². The maximum absolute atomic E-state index is 12.0. The Morgan fingerprint density at radius 3 is 2.37 bits per heavy atom. The molecule has 0 radical (unpaired) electrons. The standard InChI is InChI=1S/C13H17N3O2S/c14-10-12-4-6-13(7-5-12)11-19(17,18)15-16-8-2-1-3-9-16/h4-7,15H,1-3,8-9,11H2. The molecule has 19 heavy (non-hydrogen) atoms. The van der Waals surface area contributed by atoms with Gasteiger partial charge in [0.15, 0.2) is 0 Å². The lowest BCUT2D eigenvalue weighted by Gasteiger charge is -2.26. The molecule has 1 fully saturated rings. The minimum Gasteiger partial charge on any atom is -0.231 e. The first-order chi connectivity index (χ1) is 9.09. The van der Waals surface area contributed by atoms with Crippen LogP contribution in [0.1, 0.15) is 30.4 Å². The first-order valence-electron chi connectivity index (χ1n) is 6.33. The van der Waals surface area contributed by atoms with E-state index in [0.29, 0.717) is 11.1 Å². The van der Waals surface area contributed by atoms with Crippen molar-refractivity contribution in [3.63, 3.8) is 0 Å². The van der Waals surface area contributed by atoms with Gasteiger partial charge in [-0.25, -0.2) is 13.4 Å². The smallest absolute Gasteiger partial charge is 0.228 e. The second-order valence-corrected chi connectivity index (χ2v) is 6.41. The van der Waals surface area contributed by atoms with E-state index >= 15 is 0 Å². The Kier molecular flexibility index (Phi) is 4.53. The van der Waals surface area contributed by atoms with Crippen molar-refractivity contribution >= 4 is 10.0 Å². The molecule has 0 amide bonds. The Morgan fingerprint density at radius 1 is 1.16 bits per heavy atom. The molecule has 0 bridgehead atoms. The highest BCUT2D eigenvalue weighted by Gasteiger charge is 2.18. The predicted molar refractivity (Wildman–Crippen MR) is 72.3 cm³/mol. The first-order valence-corrected chi connectivity index (χ1v) is 7.98. The quantitative estimate of drug-likeness (QED) is 0.903. The van der Waals surface area contributed by atoms with E-state index in [1.807, 2.05) is 6.07 Å². The number of hydrogen-bond acceptors (Lipinski definition) is 4. The van der Waals surface area contributed by atoms with Crippen LogP contribution in [0.4, 0.5) is 0 Å². The lowest BCUT2D eigenvalue weighted by molar-refractivity contribution is 0.200. The molecule has 6 heteroatoms. The van der Waals surface area contributed by atoms with Gasteiger partial charge < -0.3 is 0 Å². The summed E-state index contributed by atoms with van der Waals surface area (Å²) in [5.74, 6) is -0.0603. The second-order valence-electron chi connectivity index (χ2n) is 4.71. The molecule has 2 rings (SSSR count). The summed E-state index contributed by atoms with van der Waals surface area (Å²) in [7, 11) is -3.36. The van der Waals surface area contributed by atoms with Gasteiger partial charge in [0.25, 0.3) is 0 Å². The van der Waals surface area contributed by atoms with Crippen molar-refractivity contribution < 1.29 is 8.42 Å². The third-order valence-electron chi connectivity index (χ3n) is 3.06. The topological polar surface area (TPSA) is 73.2 Å². The molecule has 0 saturated carbocycles. The van der Waals surface area contributed by atoms with Crippen LogP contribution in [0.3, 0.4) is 0 Å². The van der Waals surface area contributed by atoms with E-state index in [9.17, 15) is 8.42 Å². The second kappa shape index (κ2) is 6.15. The fraction of sp³-hybridized carbons (Fsp3) is 0.462. The molecule has 0 unspecified atom stereocenters. The van der Waals surface area contributed by atoms with Gasteiger partial charge in [0.05, 0.1) is 17.4 Å². The molecule has 1 aliphatic rings. The molecule has 1 aromatic carbocycles.